The van der Waals surface area contributed by atoms with Crippen LogP contribution in [-0.4, -0.2) is 49.7 Å². The first-order chi connectivity index (χ1) is 16.2. The number of anilines is 2. The maximum atomic E-state index is 13.5. The molecule has 0 saturated heterocycles. The molecule has 0 amide bonds. The van der Waals surface area contributed by atoms with Crippen molar-refractivity contribution in [1.82, 2.24) is 4.98 Å². The van der Waals surface area contributed by atoms with Gasteiger partial charge in [-0.2, -0.15) is 0 Å². The Morgan fingerprint density at radius 1 is 1.35 bits per heavy atom. The molecule has 2 aliphatic heterocycles. The highest BCUT2D eigenvalue weighted by molar-refractivity contribution is 8.16. The van der Waals surface area contributed by atoms with Gasteiger partial charge in [0.2, 0.25) is 0 Å². The Labute approximate surface area is 210 Å². The molecule has 0 saturated carbocycles. The molecule has 2 atom stereocenters. The summed E-state index contributed by atoms with van der Waals surface area (Å²) in [7, 11) is 0. The van der Waals surface area contributed by atoms with Crippen molar-refractivity contribution in [2.45, 2.75) is 37.3 Å². The van der Waals surface area contributed by atoms with E-state index in [9.17, 15) is 14.3 Å². The third-order valence-corrected chi connectivity index (χ3v) is 8.74. The summed E-state index contributed by atoms with van der Waals surface area (Å²) >= 11 is 9.35. The summed E-state index contributed by atoms with van der Waals surface area (Å²) in [5.41, 5.74) is 2.25. The van der Waals surface area contributed by atoms with Crippen molar-refractivity contribution >= 4 is 68.4 Å². The number of nitrogens with one attached hydrogen (secondary N) is 2. The first kappa shape index (κ1) is 23.4. The van der Waals surface area contributed by atoms with E-state index in [1.807, 2.05) is 24.3 Å². The largest absolute Gasteiger partial charge is 0.479 e. The third kappa shape index (κ3) is 4.36. The number of nitrogens with zero attached hydrogens (tertiary/aromatic N) is 2. The second-order valence-corrected chi connectivity index (χ2v) is 11.4. The average molecular weight is 519 g/mol. The number of aromatic amines is 1. The molecule has 2 unspecified atom stereocenters. The summed E-state index contributed by atoms with van der Waals surface area (Å²) in [6.45, 7) is 4.28. The van der Waals surface area contributed by atoms with Crippen LogP contribution in [-0.2, 0) is 11.2 Å². The fraction of sp³-hybridized carbons (Fsp3) is 0.333. The lowest BCUT2D eigenvalue weighted by atomic mass is 9.96. The van der Waals surface area contributed by atoms with Crippen LogP contribution < -0.4 is 10.2 Å². The Kier molecular flexibility index (Phi) is 6.20. The monoisotopic (exact) mass is 518 g/mol. The average Bonchev–Trinajstić information content (AvgIpc) is 3.46. The molecule has 0 bridgehead atoms. The molecule has 6 nitrogen and oxygen atoms in total. The standard InChI is InChI=1S/C24H24ClFN4O2S2/c1-13(2)30-20-6-4-15(25)8-19(20)28-23(30)33-11-21-29-24(12-34-21,22(31)32)10-17-7-14-3-5-16(26)9-18(14)27-17/h3-9,13,23,27-28H,10-12H2,1-2H3,(H,31,32). The van der Waals surface area contributed by atoms with Gasteiger partial charge in [-0.1, -0.05) is 11.6 Å². The van der Waals surface area contributed by atoms with E-state index in [2.05, 4.69) is 29.0 Å². The predicted octanol–water partition coefficient (Wildman–Crippen LogP) is 5.83. The lowest BCUT2D eigenvalue weighted by Crippen LogP contribution is -2.40. The maximum absolute atomic E-state index is 13.5. The van der Waals surface area contributed by atoms with Crippen molar-refractivity contribution < 1.29 is 14.3 Å². The number of benzene rings is 2. The van der Waals surface area contributed by atoms with Crippen molar-refractivity contribution in [3.05, 3.63) is 59.0 Å². The van der Waals surface area contributed by atoms with Crippen molar-refractivity contribution in [3.8, 4) is 0 Å². The second kappa shape index (κ2) is 9.02. The Morgan fingerprint density at radius 3 is 2.94 bits per heavy atom. The SMILES string of the molecule is CC(C)N1c2ccc(Cl)cc2NC1SCC1=NC(Cc2cc3ccc(F)cc3[nH]2)(C(=O)O)CS1. The summed E-state index contributed by atoms with van der Waals surface area (Å²) in [5.74, 6) is -0.318. The second-order valence-electron chi connectivity index (χ2n) is 8.80. The highest BCUT2D eigenvalue weighted by atomic mass is 35.5. The zero-order chi connectivity index (χ0) is 24.0. The van der Waals surface area contributed by atoms with Crippen LogP contribution in [0.3, 0.4) is 0 Å². The van der Waals surface area contributed by atoms with Gasteiger partial charge in [-0.15, -0.1) is 23.5 Å². The maximum Gasteiger partial charge on any atom is 0.332 e. The molecule has 2 aliphatic rings. The van der Waals surface area contributed by atoms with Crippen molar-refractivity contribution in [2.24, 2.45) is 4.99 Å². The van der Waals surface area contributed by atoms with Crippen LogP contribution in [0.4, 0.5) is 15.8 Å². The molecule has 10 heteroatoms. The molecule has 0 spiro atoms. The Hall–Kier alpha value is -2.36. The topological polar surface area (TPSA) is 80.7 Å². The molecule has 2 aromatic carbocycles. The van der Waals surface area contributed by atoms with Crippen molar-refractivity contribution in [2.75, 3.05) is 21.7 Å². The van der Waals surface area contributed by atoms with Gasteiger partial charge in [-0.25, -0.2) is 9.18 Å². The molecule has 1 aromatic heterocycles. The number of hydrogen-bond donors (Lipinski definition) is 3. The van der Waals surface area contributed by atoms with Crippen molar-refractivity contribution in [3.63, 3.8) is 0 Å². The minimum absolute atomic E-state index is 0.000183. The molecule has 3 heterocycles. The van der Waals surface area contributed by atoms with E-state index in [0.717, 1.165) is 27.5 Å². The zero-order valence-electron chi connectivity index (χ0n) is 18.6. The van der Waals surface area contributed by atoms with Gasteiger partial charge < -0.3 is 20.3 Å². The van der Waals surface area contributed by atoms with Gasteiger partial charge in [0.25, 0.3) is 0 Å². The summed E-state index contributed by atoms with van der Waals surface area (Å²) in [6.07, 6.45) is 0.226. The van der Waals surface area contributed by atoms with Crippen LogP contribution in [0.1, 0.15) is 19.5 Å². The van der Waals surface area contributed by atoms with E-state index >= 15 is 0 Å². The minimum atomic E-state index is -1.24. The zero-order valence-corrected chi connectivity index (χ0v) is 21.0. The summed E-state index contributed by atoms with van der Waals surface area (Å²) in [4.78, 5) is 22.4. The van der Waals surface area contributed by atoms with Crippen LogP contribution >= 0.6 is 35.1 Å². The molecule has 3 aromatic rings. The first-order valence-electron chi connectivity index (χ1n) is 10.9. The first-order valence-corrected chi connectivity index (χ1v) is 13.3. The summed E-state index contributed by atoms with van der Waals surface area (Å²) < 4.78 is 13.5. The number of halogens is 2. The summed E-state index contributed by atoms with van der Waals surface area (Å²) in [6, 6.07) is 12.5. The van der Waals surface area contributed by atoms with Gasteiger partial charge in [0.1, 0.15) is 11.3 Å². The fourth-order valence-electron chi connectivity index (χ4n) is 4.42. The van der Waals surface area contributed by atoms with E-state index in [4.69, 9.17) is 16.6 Å². The van der Waals surface area contributed by atoms with E-state index in [1.54, 1.807) is 17.8 Å². The minimum Gasteiger partial charge on any atom is -0.479 e. The number of carboxylic acids is 1. The number of thioether (sulfide) groups is 2. The normalized spacial score (nSPS) is 21.7. The predicted molar refractivity (Wildman–Crippen MR) is 141 cm³/mol. The van der Waals surface area contributed by atoms with Crippen LogP contribution in [0.15, 0.2) is 47.5 Å². The summed E-state index contributed by atoms with van der Waals surface area (Å²) in [5, 5.41) is 15.9. The van der Waals surface area contributed by atoms with E-state index < -0.39 is 11.5 Å². The Morgan fingerprint density at radius 2 is 2.18 bits per heavy atom. The van der Waals surface area contributed by atoms with Gasteiger partial charge in [-0.3, -0.25) is 4.99 Å². The van der Waals surface area contributed by atoms with Crippen LogP contribution in [0.2, 0.25) is 5.02 Å². The number of aromatic nitrogens is 1. The highest BCUT2D eigenvalue weighted by Crippen LogP contribution is 2.42. The number of aliphatic imine (C=N–C) groups is 1. The van der Waals surface area contributed by atoms with Crippen LogP contribution in [0, 0.1) is 5.82 Å². The number of carbonyl (C=O) groups is 1. The number of H-pyrrole nitrogens is 1. The van der Waals surface area contributed by atoms with Crippen LogP contribution in [0.25, 0.3) is 10.9 Å². The smallest absolute Gasteiger partial charge is 0.332 e. The Balaban J connectivity index is 1.32. The number of aliphatic carboxylic acids is 1. The molecule has 3 N–H and O–H groups in total. The lowest BCUT2D eigenvalue weighted by molar-refractivity contribution is -0.142. The number of carboxylic acid groups (broad SMARTS) is 1. The molecule has 0 aliphatic carbocycles. The van der Waals surface area contributed by atoms with Gasteiger partial charge in [-0.05, 0) is 61.7 Å². The van der Waals surface area contributed by atoms with Gasteiger partial charge in [0, 0.05) is 40.2 Å². The quantitative estimate of drug-likeness (QED) is 0.365. The molecule has 0 fully saturated rings. The molecule has 0 radical (unpaired) electrons. The van der Waals surface area contributed by atoms with E-state index in [-0.39, 0.29) is 23.8 Å². The van der Waals surface area contributed by atoms with Crippen molar-refractivity contribution in [1.29, 1.82) is 0 Å². The van der Waals surface area contributed by atoms with Gasteiger partial charge >= 0.3 is 5.97 Å². The van der Waals surface area contributed by atoms with Crippen LogP contribution in [0.5, 0.6) is 0 Å². The fourth-order valence-corrected chi connectivity index (χ4v) is 7.16. The van der Waals surface area contributed by atoms with E-state index in [0.29, 0.717) is 22.0 Å². The molecular formula is C24H24ClFN4O2S2. The third-order valence-electron chi connectivity index (χ3n) is 6.03. The van der Waals surface area contributed by atoms with Gasteiger partial charge in [0.05, 0.1) is 16.4 Å². The lowest BCUT2D eigenvalue weighted by Gasteiger charge is -2.30. The Bertz CT molecular complexity index is 1300. The number of rotatable bonds is 7. The highest BCUT2D eigenvalue weighted by Gasteiger charge is 2.44. The molecule has 5 rings (SSSR count). The molecular weight excluding hydrogens is 495 g/mol. The van der Waals surface area contributed by atoms with E-state index in [1.165, 1.54) is 23.9 Å². The van der Waals surface area contributed by atoms with Gasteiger partial charge in [0.15, 0.2) is 5.54 Å². The molecule has 178 valence electrons. The number of fused-ring (bicyclic) bond motifs is 2. The molecule has 34 heavy (non-hydrogen) atoms. The number of hydrogen-bond acceptors (Lipinski definition) is 6.